The predicted octanol–water partition coefficient (Wildman–Crippen LogP) is 3.26. The second-order valence-electron chi connectivity index (χ2n) is 9.02. The molecule has 2 unspecified atom stereocenters. The smallest absolute Gasteiger partial charge is 0.251 e. The molecule has 1 fully saturated rings. The summed E-state index contributed by atoms with van der Waals surface area (Å²) in [4.78, 5) is 29.4. The van der Waals surface area contributed by atoms with Gasteiger partial charge in [0.25, 0.3) is 5.91 Å². The Morgan fingerprint density at radius 3 is 2.68 bits per heavy atom. The highest BCUT2D eigenvalue weighted by atomic mass is 16.5. The maximum atomic E-state index is 13.0. The number of benzene rings is 2. The van der Waals surface area contributed by atoms with E-state index in [2.05, 4.69) is 22.5 Å². The van der Waals surface area contributed by atoms with Crippen LogP contribution in [0.4, 0.5) is 0 Å². The molecule has 178 valence electrons. The number of hydroxylamine groups is 1. The second kappa shape index (κ2) is 10.2. The summed E-state index contributed by atoms with van der Waals surface area (Å²) in [7, 11) is 0. The van der Waals surface area contributed by atoms with Crippen molar-refractivity contribution in [2.75, 3.05) is 6.54 Å². The molecule has 4 N–H and O–H groups in total. The lowest BCUT2D eigenvalue weighted by molar-refractivity contribution is -0.130. The minimum atomic E-state index is -0.758. The zero-order chi connectivity index (χ0) is 24.1. The molecule has 0 spiro atoms. The van der Waals surface area contributed by atoms with Crippen LogP contribution in [-0.4, -0.2) is 40.1 Å². The highest BCUT2D eigenvalue weighted by Crippen LogP contribution is 2.25. The lowest BCUT2D eigenvalue weighted by Crippen LogP contribution is -2.61. The number of pyridine rings is 1. The van der Waals surface area contributed by atoms with E-state index in [1.54, 1.807) is 29.7 Å². The van der Waals surface area contributed by atoms with E-state index in [1.165, 1.54) is 0 Å². The lowest BCUT2D eigenvalue weighted by Gasteiger charge is -2.40. The first-order chi connectivity index (χ1) is 16.4. The molecule has 0 bridgehead atoms. The molecule has 2 aromatic carbocycles. The monoisotopic (exact) mass is 462 g/mol. The third kappa shape index (κ3) is 5.52. The summed E-state index contributed by atoms with van der Waals surface area (Å²) in [6, 6.07) is 17.2. The molecule has 1 aliphatic heterocycles. The van der Waals surface area contributed by atoms with Gasteiger partial charge >= 0.3 is 0 Å². The molecule has 1 aromatic heterocycles. The number of rotatable bonds is 7. The fourth-order valence-electron chi connectivity index (χ4n) is 4.39. The number of carbonyl (C=O) groups excluding carboxylic acids is 2. The van der Waals surface area contributed by atoms with Crippen LogP contribution in [0.2, 0.25) is 0 Å². The topological polar surface area (TPSA) is 113 Å². The van der Waals surface area contributed by atoms with Crippen molar-refractivity contribution in [2.45, 2.75) is 51.3 Å². The van der Waals surface area contributed by atoms with Crippen molar-refractivity contribution in [1.29, 1.82) is 0 Å². The number of para-hydroxylation sites is 1. The molecule has 3 aromatic rings. The number of hydrogen-bond acceptors (Lipinski definition) is 6. The fraction of sp³-hybridized carbons (Fsp3) is 0.346. The third-order valence-corrected chi connectivity index (χ3v) is 6.29. The molecular formula is C26H30N4O4. The molecule has 1 saturated heterocycles. The molecule has 0 saturated carbocycles. The van der Waals surface area contributed by atoms with Crippen LogP contribution in [0.3, 0.4) is 0 Å². The summed E-state index contributed by atoms with van der Waals surface area (Å²) < 4.78 is 5.99. The summed E-state index contributed by atoms with van der Waals surface area (Å²) in [5.74, 6) is -0.152. The quantitative estimate of drug-likeness (QED) is 0.317. The van der Waals surface area contributed by atoms with Crippen molar-refractivity contribution in [3.63, 3.8) is 0 Å². The Hall–Kier alpha value is -3.49. The Kier molecular flexibility index (Phi) is 7.09. The summed E-state index contributed by atoms with van der Waals surface area (Å²) >= 11 is 0. The number of aryl methyl sites for hydroxylation is 1. The lowest BCUT2D eigenvalue weighted by atomic mass is 9.84. The fourth-order valence-corrected chi connectivity index (χ4v) is 4.39. The number of hydrogen-bond donors (Lipinski definition) is 4. The minimum Gasteiger partial charge on any atom is -0.489 e. The highest BCUT2D eigenvalue weighted by Gasteiger charge is 2.37. The molecule has 2 amide bonds. The Balaban J connectivity index is 1.43. The number of aromatic nitrogens is 1. The number of ether oxygens (including phenoxy) is 1. The van der Waals surface area contributed by atoms with E-state index in [0.717, 1.165) is 28.6 Å². The maximum absolute atomic E-state index is 13.0. The average molecular weight is 463 g/mol. The van der Waals surface area contributed by atoms with Gasteiger partial charge in [0.1, 0.15) is 12.4 Å². The SMILES string of the molecule is Cc1cc(COc2ccc(C(=O)NC3(CC(=O)NO)CCC(C)NC3)cc2)c2ccccc2n1. The summed E-state index contributed by atoms with van der Waals surface area (Å²) in [5, 5.41) is 16.4. The number of nitrogens with zero attached hydrogens (tertiary/aromatic N) is 1. The van der Waals surface area contributed by atoms with Crippen LogP contribution < -0.4 is 20.9 Å². The number of carbonyl (C=O) groups is 2. The van der Waals surface area contributed by atoms with Crippen LogP contribution in [0.25, 0.3) is 10.9 Å². The Morgan fingerprint density at radius 2 is 1.97 bits per heavy atom. The van der Waals surface area contributed by atoms with Gasteiger partial charge in [0.15, 0.2) is 0 Å². The Morgan fingerprint density at radius 1 is 1.21 bits per heavy atom. The van der Waals surface area contributed by atoms with Crippen molar-refractivity contribution >= 4 is 22.7 Å². The normalized spacial score (nSPS) is 20.0. The molecule has 8 nitrogen and oxygen atoms in total. The van der Waals surface area contributed by atoms with Gasteiger partial charge in [0.05, 0.1) is 17.5 Å². The summed E-state index contributed by atoms with van der Waals surface area (Å²) in [5.41, 5.74) is 4.30. The first-order valence-electron chi connectivity index (χ1n) is 11.4. The van der Waals surface area contributed by atoms with Gasteiger partial charge in [-0.15, -0.1) is 0 Å². The summed E-state index contributed by atoms with van der Waals surface area (Å²) in [6.45, 7) is 4.86. The standard InChI is InChI=1S/C26H30N4O4/c1-17-11-12-26(16-27-17,14-24(31)30-33)29-25(32)19-7-9-21(10-8-19)34-15-20-13-18(2)28-23-6-4-3-5-22(20)23/h3-10,13,17,27,33H,11-12,14-16H2,1-2H3,(H,29,32)(H,30,31). The highest BCUT2D eigenvalue weighted by molar-refractivity contribution is 5.95. The zero-order valence-corrected chi connectivity index (χ0v) is 19.4. The number of nitrogens with one attached hydrogen (secondary N) is 3. The maximum Gasteiger partial charge on any atom is 0.251 e. The van der Waals surface area contributed by atoms with E-state index in [-0.39, 0.29) is 12.3 Å². The van der Waals surface area contributed by atoms with Gasteiger partial charge in [-0.25, -0.2) is 5.48 Å². The predicted molar refractivity (Wildman–Crippen MR) is 129 cm³/mol. The van der Waals surface area contributed by atoms with Crippen LogP contribution in [0, 0.1) is 6.92 Å². The molecule has 34 heavy (non-hydrogen) atoms. The van der Waals surface area contributed by atoms with Gasteiger partial charge in [-0.3, -0.25) is 19.8 Å². The van der Waals surface area contributed by atoms with Crippen LogP contribution in [0.5, 0.6) is 5.75 Å². The van der Waals surface area contributed by atoms with Gasteiger partial charge in [0, 0.05) is 34.8 Å². The molecule has 4 rings (SSSR count). The van der Waals surface area contributed by atoms with Gasteiger partial charge in [-0.2, -0.15) is 0 Å². The molecule has 8 heteroatoms. The van der Waals surface area contributed by atoms with E-state index in [0.29, 0.717) is 36.9 Å². The van der Waals surface area contributed by atoms with E-state index in [1.807, 2.05) is 37.3 Å². The second-order valence-corrected chi connectivity index (χ2v) is 9.02. The van der Waals surface area contributed by atoms with Crippen molar-refractivity contribution in [3.05, 3.63) is 71.4 Å². The van der Waals surface area contributed by atoms with Crippen LogP contribution in [-0.2, 0) is 11.4 Å². The minimum absolute atomic E-state index is 0.00450. The molecule has 0 radical (unpaired) electrons. The average Bonchev–Trinajstić information content (AvgIpc) is 2.84. The van der Waals surface area contributed by atoms with Gasteiger partial charge in [-0.05, 0) is 63.1 Å². The van der Waals surface area contributed by atoms with E-state index in [9.17, 15) is 9.59 Å². The molecular weight excluding hydrogens is 432 g/mol. The molecule has 0 aliphatic carbocycles. The largest absolute Gasteiger partial charge is 0.489 e. The molecule has 2 heterocycles. The Labute approximate surface area is 198 Å². The third-order valence-electron chi connectivity index (χ3n) is 6.29. The van der Waals surface area contributed by atoms with Gasteiger partial charge < -0.3 is 15.4 Å². The number of piperidine rings is 1. The van der Waals surface area contributed by atoms with Crippen molar-refractivity contribution in [3.8, 4) is 5.75 Å². The van der Waals surface area contributed by atoms with E-state index in [4.69, 9.17) is 9.94 Å². The van der Waals surface area contributed by atoms with Crippen LogP contribution in [0.15, 0.2) is 54.6 Å². The van der Waals surface area contributed by atoms with Crippen LogP contribution in [0.1, 0.15) is 47.8 Å². The van der Waals surface area contributed by atoms with Crippen molar-refractivity contribution in [2.24, 2.45) is 0 Å². The first-order valence-corrected chi connectivity index (χ1v) is 11.4. The van der Waals surface area contributed by atoms with Crippen molar-refractivity contribution < 1.29 is 19.5 Å². The number of amides is 2. The van der Waals surface area contributed by atoms with Gasteiger partial charge in [0.2, 0.25) is 5.91 Å². The molecule has 1 aliphatic rings. The van der Waals surface area contributed by atoms with Crippen LogP contribution >= 0.6 is 0 Å². The Bertz CT molecular complexity index is 1170. The summed E-state index contributed by atoms with van der Waals surface area (Å²) in [6.07, 6.45) is 1.45. The van der Waals surface area contributed by atoms with E-state index < -0.39 is 11.4 Å². The van der Waals surface area contributed by atoms with Gasteiger partial charge in [-0.1, -0.05) is 18.2 Å². The van der Waals surface area contributed by atoms with Crippen molar-refractivity contribution in [1.82, 2.24) is 21.1 Å². The molecule has 2 atom stereocenters. The zero-order valence-electron chi connectivity index (χ0n) is 19.4. The number of fused-ring (bicyclic) bond motifs is 1. The first kappa shape index (κ1) is 23.7. The van der Waals surface area contributed by atoms with E-state index >= 15 is 0 Å².